The molecule has 0 radical (unpaired) electrons. The molecule has 1 aliphatic rings. The summed E-state index contributed by atoms with van der Waals surface area (Å²) in [5.74, 6) is -0.798. The van der Waals surface area contributed by atoms with E-state index in [9.17, 15) is 14.0 Å². The number of nitrogens with one attached hydrogen (secondary N) is 2. The Morgan fingerprint density at radius 3 is 2.59 bits per heavy atom. The molecule has 1 saturated carbocycles. The van der Waals surface area contributed by atoms with Crippen LogP contribution in [0.3, 0.4) is 0 Å². The third-order valence-electron chi connectivity index (χ3n) is 4.33. The number of anilines is 2. The monoisotopic (exact) mass is 364 g/mol. The van der Waals surface area contributed by atoms with Gasteiger partial charge in [-0.1, -0.05) is 6.07 Å². The second-order valence-corrected chi connectivity index (χ2v) is 6.43. The van der Waals surface area contributed by atoms with Crippen molar-refractivity contribution in [2.45, 2.75) is 12.8 Å². The molecule has 0 unspecified atom stereocenters. The van der Waals surface area contributed by atoms with E-state index in [0.29, 0.717) is 22.6 Å². The summed E-state index contributed by atoms with van der Waals surface area (Å²) in [5, 5.41) is 5.48. The minimum atomic E-state index is -0.476. The second-order valence-electron chi connectivity index (χ2n) is 6.43. The van der Waals surface area contributed by atoms with Crippen LogP contribution in [0.4, 0.5) is 15.8 Å². The van der Waals surface area contributed by atoms with Crippen LogP contribution < -0.4 is 10.6 Å². The van der Waals surface area contributed by atoms with Gasteiger partial charge in [0.25, 0.3) is 5.91 Å². The van der Waals surface area contributed by atoms with E-state index in [2.05, 4.69) is 15.6 Å². The molecule has 136 valence electrons. The maximum absolute atomic E-state index is 14.3. The first-order valence-electron chi connectivity index (χ1n) is 8.60. The number of aromatic nitrogens is 2. The molecule has 0 saturated heterocycles. The van der Waals surface area contributed by atoms with E-state index in [0.717, 1.165) is 12.8 Å². The Balaban J connectivity index is 1.47. The Bertz CT molecular complexity index is 997. The van der Waals surface area contributed by atoms with Gasteiger partial charge in [-0.2, -0.15) is 0 Å². The summed E-state index contributed by atoms with van der Waals surface area (Å²) >= 11 is 0. The number of benzene rings is 2. The van der Waals surface area contributed by atoms with Crippen molar-refractivity contribution in [2.75, 3.05) is 10.6 Å². The summed E-state index contributed by atoms with van der Waals surface area (Å²) in [6.45, 7) is 0. The molecule has 0 atom stereocenters. The Labute approximate surface area is 155 Å². The van der Waals surface area contributed by atoms with Gasteiger partial charge in [-0.15, -0.1) is 0 Å². The topological polar surface area (TPSA) is 76.0 Å². The highest BCUT2D eigenvalue weighted by Gasteiger charge is 2.29. The minimum absolute atomic E-state index is 0.0234. The average Bonchev–Trinajstić information content (AvgIpc) is 3.38. The average molecular weight is 364 g/mol. The van der Waals surface area contributed by atoms with Crippen LogP contribution in [0.25, 0.3) is 5.69 Å². The standard InChI is InChI=1S/C20H17FN4O2/c21-17-11-16(6-7-18(17)25-9-8-22-12-25)24-20(27)14-2-1-3-15(10-14)23-19(26)13-4-5-13/h1-3,6-13H,4-5H2,(H,23,26)(H,24,27). The summed E-state index contributed by atoms with van der Waals surface area (Å²) < 4.78 is 15.9. The Morgan fingerprint density at radius 2 is 1.89 bits per heavy atom. The van der Waals surface area contributed by atoms with Crippen LogP contribution in [0.2, 0.25) is 0 Å². The molecule has 6 nitrogen and oxygen atoms in total. The van der Waals surface area contributed by atoms with Crippen molar-refractivity contribution < 1.29 is 14.0 Å². The zero-order chi connectivity index (χ0) is 18.8. The van der Waals surface area contributed by atoms with Gasteiger partial charge in [0.2, 0.25) is 5.91 Å². The number of carbonyl (C=O) groups excluding carboxylic acids is 2. The van der Waals surface area contributed by atoms with Crippen molar-refractivity contribution in [1.29, 1.82) is 0 Å². The third kappa shape index (κ3) is 3.87. The number of halogens is 1. The predicted octanol–water partition coefficient (Wildman–Crippen LogP) is 3.61. The zero-order valence-electron chi connectivity index (χ0n) is 14.4. The molecule has 2 amide bonds. The lowest BCUT2D eigenvalue weighted by atomic mass is 10.1. The highest BCUT2D eigenvalue weighted by Crippen LogP contribution is 2.30. The Hall–Kier alpha value is -3.48. The SMILES string of the molecule is O=C(Nc1ccc(-n2ccnc2)c(F)c1)c1cccc(NC(=O)C2CC2)c1. The van der Waals surface area contributed by atoms with Gasteiger partial charge in [0, 0.05) is 35.2 Å². The lowest BCUT2D eigenvalue weighted by Gasteiger charge is -2.10. The highest BCUT2D eigenvalue weighted by atomic mass is 19.1. The van der Waals surface area contributed by atoms with E-state index >= 15 is 0 Å². The summed E-state index contributed by atoms with van der Waals surface area (Å²) in [6.07, 6.45) is 6.51. The Morgan fingerprint density at radius 1 is 1.07 bits per heavy atom. The van der Waals surface area contributed by atoms with Gasteiger partial charge >= 0.3 is 0 Å². The molecule has 1 fully saturated rings. The van der Waals surface area contributed by atoms with E-state index in [1.54, 1.807) is 53.4 Å². The van der Waals surface area contributed by atoms with E-state index < -0.39 is 5.82 Å². The molecule has 0 aliphatic heterocycles. The van der Waals surface area contributed by atoms with Crippen LogP contribution in [0, 0.1) is 11.7 Å². The number of amides is 2. The molecule has 0 spiro atoms. The van der Waals surface area contributed by atoms with Crippen molar-refractivity contribution in [2.24, 2.45) is 5.92 Å². The molecule has 2 aromatic carbocycles. The third-order valence-corrected chi connectivity index (χ3v) is 4.33. The fraction of sp³-hybridized carbons (Fsp3) is 0.150. The maximum Gasteiger partial charge on any atom is 0.255 e. The van der Waals surface area contributed by atoms with Crippen LogP contribution in [0.15, 0.2) is 61.2 Å². The van der Waals surface area contributed by atoms with Crippen molar-refractivity contribution in [3.63, 3.8) is 0 Å². The molecular formula is C20H17FN4O2. The van der Waals surface area contributed by atoms with Gasteiger partial charge < -0.3 is 15.2 Å². The number of nitrogens with zero attached hydrogens (tertiary/aromatic N) is 2. The van der Waals surface area contributed by atoms with Gasteiger partial charge in [0.05, 0.1) is 12.0 Å². The molecule has 7 heteroatoms. The fourth-order valence-corrected chi connectivity index (χ4v) is 2.73. The van der Waals surface area contributed by atoms with Crippen LogP contribution in [0.1, 0.15) is 23.2 Å². The zero-order valence-corrected chi connectivity index (χ0v) is 14.4. The van der Waals surface area contributed by atoms with Gasteiger partial charge in [0.1, 0.15) is 5.82 Å². The van der Waals surface area contributed by atoms with Gasteiger partial charge in [0.15, 0.2) is 0 Å². The van der Waals surface area contributed by atoms with Crippen LogP contribution in [-0.2, 0) is 4.79 Å². The second kappa shape index (κ2) is 7.03. The number of carbonyl (C=O) groups is 2. The van der Waals surface area contributed by atoms with Crippen molar-refractivity contribution in [3.8, 4) is 5.69 Å². The highest BCUT2D eigenvalue weighted by molar-refractivity contribution is 6.05. The fourth-order valence-electron chi connectivity index (χ4n) is 2.73. The quantitative estimate of drug-likeness (QED) is 0.726. The van der Waals surface area contributed by atoms with Crippen molar-refractivity contribution in [3.05, 3.63) is 72.6 Å². The smallest absolute Gasteiger partial charge is 0.255 e. The molecule has 1 aromatic heterocycles. The normalized spacial score (nSPS) is 13.2. The van der Waals surface area contributed by atoms with E-state index in [-0.39, 0.29) is 17.7 Å². The largest absolute Gasteiger partial charge is 0.326 e. The van der Waals surface area contributed by atoms with Gasteiger partial charge in [-0.25, -0.2) is 9.37 Å². The molecule has 1 heterocycles. The lowest BCUT2D eigenvalue weighted by molar-refractivity contribution is -0.117. The van der Waals surface area contributed by atoms with Crippen LogP contribution in [-0.4, -0.2) is 21.4 Å². The minimum Gasteiger partial charge on any atom is -0.326 e. The summed E-state index contributed by atoms with van der Waals surface area (Å²) in [4.78, 5) is 28.2. The number of hydrogen-bond donors (Lipinski definition) is 2. The van der Waals surface area contributed by atoms with Crippen molar-refractivity contribution >= 4 is 23.2 Å². The maximum atomic E-state index is 14.3. The summed E-state index contributed by atoms with van der Waals surface area (Å²) in [7, 11) is 0. The van der Waals surface area contributed by atoms with E-state index in [4.69, 9.17) is 0 Å². The molecule has 3 aromatic rings. The molecular weight excluding hydrogens is 347 g/mol. The summed E-state index contributed by atoms with van der Waals surface area (Å²) in [6, 6.07) is 11.1. The first kappa shape index (κ1) is 17.0. The number of rotatable bonds is 5. The van der Waals surface area contributed by atoms with Gasteiger partial charge in [-0.05, 0) is 49.2 Å². The number of hydrogen-bond acceptors (Lipinski definition) is 3. The molecule has 1 aliphatic carbocycles. The first-order chi connectivity index (χ1) is 13.1. The Kier molecular flexibility index (Phi) is 4.42. The first-order valence-corrected chi connectivity index (χ1v) is 8.60. The van der Waals surface area contributed by atoms with Gasteiger partial charge in [-0.3, -0.25) is 9.59 Å². The van der Waals surface area contributed by atoms with E-state index in [1.165, 1.54) is 12.4 Å². The number of imidazole rings is 1. The summed E-state index contributed by atoms with van der Waals surface area (Å²) in [5.41, 5.74) is 1.63. The lowest BCUT2D eigenvalue weighted by Crippen LogP contribution is -2.15. The molecule has 0 bridgehead atoms. The van der Waals surface area contributed by atoms with Crippen LogP contribution in [0.5, 0.6) is 0 Å². The van der Waals surface area contributed by atoms with E-state index in [1.807, 2.05) is 0 Å². The predicted molar refractivity (Wildman–Crippen MR) is 99.3 cm³/mol. The molecule has 2 N–H and O–H groups in total. The van der Waals surface area contributed by atoms with Crippen molar-refractivity contribution in [1.82, 2.24) is 9.55 Å². The molecule has 27 heavy (non-hydrogen) atoms. The molecule has 4 rings (SSSR count). The van der Waals surface area contributed by atoms with Crippen LogP contribution >= 0.6 is 0 Å².